The van der Waals surface area contributed by atoms with E-state index in [1.807, 2.05) is 30.5 Å². The number of benzene rings is 2. The van der Waals surface area contributed by atoms with Crippen molar-refractivity contribution in [2.45, 2.75) is 19.6 Å². The first-order chi connectivity index (χ1) is 10.2. The van der Waals surface area contributed by atoms with Crippen LogP contribution in [-0.4, -0.2) is 16.6 Å². The second-order valence-corrected chi connectivity index (χ2v) is 6.08. The average molecular weight is 298 g/mol. The van der Waals surface area contributed by atoms with Crippen molar-refractivity contribution in [2.24, 2.45) is 0 Å². The van der Waals surface area contributed by atoms with Gasteiger partial charge < -0.3 is 10.4 Å². The van der Waals surface area contributed by atoms with Crippen LogP contribution in [0.3, 0.4) is 0 Å². The fraction of sp³-hybridized carbons (Fsp3) is 0.235. The van der Waals surface area contributed by atoms with Crippen molar-refractivity contribution in [3.05, 3.63) is 64.1 Å². The van der Waals surface area contributed by atoms with Gasteiger partial charge in [0.1, 0.15) is 5.01 Å². The lowest BCUT2D eigenvalue weighted by molar-refractivity contribution is 0.174. The molecule has 3 nitrogen and oxygen atoms in total. The molecule has 0 radical (unpaired) electrons. The molecule has 0 saturated carbocycles. The number of aromatic nitrogens is 1. The van der Waals surface area contributed by atoms with Crippen molar-refractivity contribution in [3.63, 3.8) is 0 Å². The summed E-state index contributed by atoms with van der Waals surface area (Å²) in [5.41, 5.74) is 1.99. The van der Waals surface area contributed by atoms with Crippen LogP contribution < -0.4 is 5.32 Å². The molecule has 3 rings (SSSR count). The van der Waals surface area contributed by atoms with Crippen LogP contribution in [0.15, 0.2) is 47.8 Å². The number of rotatable bonds is 5. The zero-order valence-electron chi connectivity index (χ0n) is 11.9. The number of aliphatic hydroxyl groups excluding tert-OH is 1. The molecule has 2 N–H and O–H groups in total. The van der Waals surface area contributed by atoms with Crippen molar-refractivity contribution < 1.29 is 5.11 Å². The van der Waals surface area contributed by atoms with Crippen LogP contribution in [0.2, 0.25) is 0 Å². The third-order valence-electron chi connectivity index (χ3n) is 3.44. The van der Waals surface area contributed by atoms with Crippen molar-refractivity contribution in [1.82, 2.24) is 10.3 Å². The summed E-state index contributed by atoms with van der Waals surface area (Å²) in [7, 11) is 0. The van der Waals surface area contributed by atoms with Gasteiger partial charge >= 0.3 is 0 Å². The summed E-state index contributed by atoms with van der Waals surface area (Å²) in [5.74, 6) is 0. The van der Waals surface area contributed by atoms with E-state index in [0.717, 1.165) is 21.7 Å². The van der Waals surface area contributed by atoms with E-state index in [4.69, 9.17) is 0 Å². The van der Waals surface area contributed by atoms with Crippen LogP contribution in [0.25, 0.3) is 10.8 Å². The summed E-state index contributed by atoms with van der Waals surface area (Å²) in [6.45, 7) is 3.21. The average Bonchev–Trinajstić information content (AvgIpc) is 2.92. The minimum atomic E-state index is -0.504. The lowest BCUT2D eigenvalue weighted by Gasteiger charge is -2.12. The zero-order chi connectivity index (χ0) is 14.7. The molecule has 0 aliphatic heterocycles. The molecule has 0 amide bonds. The highest BCUT2D eigenvalue weighted by Crippen LogP contribution is 2.20. The number of hydrogen-bond donors (Lipinski definition) is 2. The predicted molar refractivity (Wildman–Crippen MR) is 87.5 cm³/mol. The molecule has 1 atom stereocenters. The molecule has 2 aromatic carbocycles. The lowest BCUT2D eigenvalue weighted by atomic mass is 10.0. The Morgan fingerprint density at radius 2 is 2.00 bits per heavy atom. The molecule has 0 aliphatic rings. The van der Waals surface area contributed by atoms with Crippen LogP contribution in [0.4, 0.5) is 0 Å². The van der Waals surface area contributed by atoms with E-state index in [2.05, 4.69) is 34.6 Å². The molecular formula is C17H18N2OS. The zero-order valence-corrected chi connectivity index (χ0v) is 12.7. The number of nitrogens with one attached hydrogen (secondary N) is 1. The Bertz CT molecular complexity index is 738. The van der Waals surface area contributed by atoms with Crippen molar-refractivity contribution in [2.75, 3.05) is 6.54 Å². The van der Waals surface area contributed by atoms with Crippen LogP contribution in [0.5, 0.6) is 0 Å². The van der Waals surface area contributed by atoms with E-state index in [9.17, 15) is 5.11 Å². The Labute approximate surface area is 128 Å². The Morgan fingerprint density at radius 3 is 2.76 bits per heavy atom. The van der Waals surface area contributed by atoms with Crippen molar-refractivity contribution in [1.29, 1.82) is 0 Å². The highest BCUT2D eigenvalue weighted by Gasteiger charge is 2.08. The van der Waals surface area contributed by atoms with Gasteiger partial charge in [0.2, 0.25) is 0 Å². The summed E-state index contributed by atoms with van der Waals surface area (Å²) in [5, 5.41) is 19.0. The molecule has 4 heteroatoms. The van der Waals surface area contributed by atoms with E-state index in [1.54, 1.807) is 11.3 Å². The van der Waals surface area contributed by atoms with Gasteiger partial charge in [-0.2, -0.15) is 0 Å². The third kappa shape index (κ3) is 3.47. The van der Waals surface area contributed by atoms with Crippen molar-refractivity contribution in [3.8, 4) is 0 Å². The quantitative estimate of drug-likeness (QED) is 0.758. The Morgan fingerprint density at radius 1 is 1.19 bits per heavy atom. The molecule has 1 aromatic heterocycles. The minimum Gasteiger partial charge on any atom is -0.387 e. The molecule has 3 aromatic rings. The molecule has 0 spiro atoms. The largest absolute Gasteiger partial charge is 0.387 e. The standard InChI is InChI=1S/C17H18N2OS/c1-12-11-21-17(19-12)10-18-9-16(20)15-7-6-13-4-2-3-5-14(13)8-15/h2-8,11,16,18,20H,9-10H2,1H3. The smallest absolute Gasteiger partial charge is 0.107 e. The molecule has 0 fully saturated rings. The van der Waals surface area contributed by atoms with Gasteiger partial charge in [-0.1, -0.05) is 36.4 Å². The first kappa shape index (κ1) is 14.2. The monoisotopic (exact) mass is 298 g/mol. The maximum Gasteiger partial charge on any atom is 0.107 e. The lowest BCUT2D eigenvalue weighted by Crippen LogP contribution is -2.21. The first-order valence-corrected chi connectivity index (χ1v) is 7.89. The van der Waals surface area contributed by atoms with Gasteiger partial charge in [-0.25, -0.2) is 4.98 Å². The normalized spacial score (nSPS) is 12.7. The van der Waals surface area contributed by atoms with Crippen molar-refractivity contribution >= 4 is 22.1 Å². The van der Waals surface area contributed by atoms with Gasteiger partial charge in [0.05, 0.1) is 6.10 Å². The fourth-order valence-corrected chi connectivity index (χ4v) is 3.07. The van der Waals surface area contributed by atoms with Crippen LogP contribution in [0.1, 0.15) is 22.4 Å². The fourth-order valence-electron chi connectivity index (χ4n) is 2.33. The molecule has 21 heavy (non-hydrogen) atoms. The van der Waals surface area contributed by atoms with Crippen LogP contribution in [-0.2, 0) is 6.54 Å². The molecule has 1 unspecified atom stereocenters. The van der Waals surface area contributed by atoms with E-state index >= 15 is 0 Å². The van der Waals surface area contributed by atoms with E-state index < -0.39 is 6.10 Å². The van der Waals surface area contributed by atoms with E-state index in [-0.39, 0.29) is 0 Å². The van der Waals surface area contributed by atoms with Gasteiger partial charge in [-0.15, -0.1) is 11.3 Å². The molecular weight excluding hydrogens is 280 g/mol. The highest BCUT2D eigenvalue weighted by molar-refractivity contribution is 7.09. The second kappa shape index (κ2) is 6.35. The van der Waals surface area contributed by atoms with Gasteiger partial charge in [0.25, 0.3) is 0 Å². The van der Waals surface area contributed by atoms with E-state index in [1.165, 1.54) is 5.39 Å². The molecule has 0 bridgehead atoms. The van der Waals surface area contributed by atoms with Crippen LogP contribution in [0, 0.1) is 6.92 Å². The van der Waals surface area contributed by atoms with Gasteiger partial charge in [-0.05, 0) is 29.3 Å². The van der Waals surface area contributed by atoms with Crippen LogP contribution >= 0.6 is 11.3 Å². The number of thiazole rings is 1. The van der Waals surface area contributed by atoms with Gasteiger partial charge in [0.15, 0.2) is 0 Å². The highest BCUT2D eigenvalue weighted by atomic mass is 32.1. The number of hydrogen-bond acceptors (Lipinski definition) is 4. The number of aliphatic hydroxyl groups is 1. The Balaban J connectivity index is 1.62. The summed E-state index contributed by atoms with van der Waals surface area (Å²) in [6, 6.07) is 14.3. The minimum absolute atomic E-state index is 0.504. The Kier molecular flexibility index (Phi) is 4.29. The molecule has 0 saturated heterocycles. The summed E-state index contributed by atoms with van der Waals surface area (Å²) >= 11 is 1.64. The summed E-state index contributed by atoms with van der Waals surface area (Å²) in [4.78, 5) is 4.40. The van der Waals surface area contributed by atoms with Gasteiger partial charge in [-0.3, -0.25) is 0 Å². The maximum atomic E-state index is 10.3. The maximum absolute atomic E-state index is 10.3. The predicted octanol–water partition coefficient (Wildman–Crippen LogP) is 3.43. The van der Waals surface area contributed by atoms with Gasteiger partial charge in [0, 0.05) is 24.2 Å². The Hall–Kier alpha value is -1.75. The molecule has 0 aliphatic carbocycles. The SMILES string of the molecule is Cc1csc(CNCC(O)c2ccc3ccccc3c2)n1. The molecule has 108 valence electrons. The number of nitrogens with zero attached hydrogens (tertiary/aromatic N) is 1. The first-order valence-electron chi connectivity index (χ1n) is 7.01. The number of fused-ring (bicyclic) bond motifs is 1. The number of aryl methyl sites for hydroxylation is 1. The summed E-state index contributed by atoms with van der Waals surface area (Å²) in [6.07, 6.45) is -0.504. The second-order valence-electron chi connectivity index (χ2n) is 5.14. The third-order valence-corrected chi connectivity index (χ3v) is 4.41. The summed E-state index contributed by atoms with van der Waals surface area (Å²) < 4.78 is 0. The van der Waals surface area contributed by atoms with E-state index in [0.29, 0.717) is 13.1 Å². The molecule has 1 heterocycles. The topological polar surface area (TPSA) is 45.1 Å².